The van der Waals surface area contributed by atoms with Gasteiger partial charge < -0.3 is 0 Å². The number of rotatable bonds is 7. The minimum atomic E-state index is -2.55. The number of halogens is 3. The second-order valence-electron chi connectivity index (χ2n) is 9.77. The third-order valence-corrected chi connectivity index (χ3v) is 8.66. The van der Waals surface area contributed by atoms with E-state index in [1.165, 1.54) is 24.1 Å². The number of allylic oxidation sites excluding steroid dienone is 4. The molecule has 0 aliphatic heterocycles. The summed E-state index contributed by atoms with van der Waals surface area (Å²) in [6.45, 7) is 0. The van der Waals surface area contributed by atoms with Gasteiger partial charge in [-0.3, -0.25) is 13.8 Å². The van der Waals surface area contributed by atoms with E-state index in [2.05, 4.69) is 17.1 Å². The molecule has 0 unspecified atom stereocenters. The second kappa shape index (κ2) is 11.8. The lowest BCUT2D eigenvalue weighted by atomic mass is 9.91. The Balaban J connectivity index is 1.61. The Bertz CT molecular complexity index is 1940. The lowest BCUT2D eigenvalue weighted by molar-refractivity contribution is -0.105. The molecule has 206 valence electrons. The molecule has 42 heavy (non-hydrogen) atoms. The van der Waals surface area contributed by atoms with Crippen LogP contribution < -0.4 is 0 Å². The first-order chi connectivity index (χ1) is 20.5. The van der Waals surface area contributed by atoms with Gasteiger partial charge in [-0.15, -0.1) is 0 Å². The van der Waals surface area contributed by atoms with Crippen molar-refractivity contribution in [3.05, 3.63) is 125 Å². The number of aromatic nitrogens is 2. The fourth-order valence-corrected chi connectivity index (χ4v) is 6.60. The van der Waals surface area contributed by atoms with Crippen molar-refractivity contribution in [3.8, 4) is 28.5 Å². The van der Waals surface area contributed by atoms with Gasteiger partial charge in [-0.05, 0) is 77.9 Å². The maximum Gasteiger partial charge on any atom is 0.263 e. The molecular weight excluding hydrogens is 572 g/mol. The quantitative estimate of drug-likeness (QED) is 0.176. The van der Waals surface area contributed by atoms with Crippen LogP contribution in [0.1, 0.15) is 36.0 Å². The third kappa shape index (κ3) is 5.16. The fraction of sp³-hybridized carbons (Fsp3) is 0.0882. The highest BCUT2D eigenvalue weighted by molar-refractivity contribution is 7.98. The summed E-state index contributed by atoms with van der Waals surface area (Å²) in [5.74, 6) is 0. The maximum absolute atomic E-state index is 13.3. The monoisotopic (exact) mass is 593 g/mol. The number of hydrogen-bond donors (Lipinski definition) is 0. The van der Waals surface area contributed by atoms with Crippen molar-refractivity contribution in [2.24, 2.45) is 0 Å². The third-order valence-electron chi connectivity index (χ3n) is 7.27. The number of pyridine rings is 1. The van der Waals surface area contributed by atoms with Crippen LogP contribution in [0.2, 0.25) is 0 Å². The minimum Gasteiger partial charge on any atom is -0.298 e. The molecule has 0 bridgehead atoms. The van der Waals surface area contributed by atoms with Gasteiger partial charge in [0.2, 0.25) is 0 Å². The van der Waals surface area contributed by atoms with E-state index in [0.717, 1.165) is 55.6 Å². The molecule has 0 fully saturated rings. The topological polar surface area (TPSA) is 58.7 Å². The molecule has 1 aliphatic rings. The predicted octanol–water partition coefficient (Wildman–Crippen LogP) is 9.60. The second-order valence-corrected chi connectivity index (χ2v) is 11.2. The summed E-state index contributed by atoms with van der Waals surface area (Å²) in [6, 6.07) is 26.0. The zero-order valence-electron chi connectivity index (χ0n) is 22.1. The molecule has 2 aromatic heterocycles. The van der Waals surface area contributed by atoms with Crippen molar-refractivity contribution >= 4 is 46.3 Å². The summed E-state index contributed by atoms with van der Waals surface area (Å²) >= 11 is 8.03. The van der Waals surface area contributed by atoms with Gasteiger partial charge in [-0.1, -0.05) is 60.1 Å². The predicted molar refractivity (Wildman–Crippen MR) is 164 cm³/mol. The first-order valence-electron chi connectivity index (χ1n) is 13.2. The summed E-state index contributed by atoms with van der Waals surface area (Å²) in [5.41, 5.74) is 7.20. The van der Waals surface area contributed by atoms with E-state index >= 15 is 0 Å². The van der Waals surface area contributed by atoms with Crippen LogP contribution in [0, 0.1) is 11.3 Å². The van der Waals surface area contributed by atoms with Gasteiger partial charge in [0.25, 0.3) is 6.43 Å². The number of alkyl halides is 2. The smallest absolute Gasteiger partial charge is 0.263 e. The van der Waals surface area contributed by atoms with Crippen LogP contribution >= 0.6 is 23.5 Å². The maximum atomic E-state index is 13.3. The summed E-state index contributed by atoms with van der Waals surface area (Å²) in [7, 11) is 0. The molecule has 3 aromatic carbocycles. The molecule has 0 radical (unpaired) electrons. The molecule has 8 heteroatoms. The summed E-state index contributed by atoms with van der Waals surface area (Å²) < 4.78 is 28.6. The van der Waals surface area contributed by atoms with Crippen LogP contribution in [0.25, 0.3) is 38.9 Å². The zero-order valence-corrected chi connectivity index (χ0v) is 23.7. The molecule has 2 heterocycles. The van der Waals surface area contributed by atoms with E-state index in [9.17, 15) is 18.8 Å². The Morgan fingerprint density at radius 3 is 2.52 bits per heavy atom. The van der Waals surface area contributed by atoms with Crippen molar-refractivity contribution < 1.29 is 13.6 Å². The van der Waals surface area contributed by atoms with E-state index in [0.29, 0.717) is 29.0 Å². The van der Waals surface area contributed by atoms with Crippen LogP contribution in [0.5, 0.6) is 0 Å². The highest BCUT2D eigenvalue weighted by Crippen LogP contribution is 2.46. The number of nitriles is 1. The molecule has 0 spiro atoms. The molecule has 0 atom stereocenters. The van der Waals surface area contributed by atoms with Crippen LogP contribution in [0.3, 0.4) is 0 Å². The molecule has 0 N–H and O–H groups in total. The average molecular weight is 594 g/mol. The van der Waals surface area contributed by atoms with Crippen LogP contribution in [-0.4, -0.2) is 15.2 Å². The van der Waals surface area contributed by atoms with E-state index in [-0.39, 0.29) is 5.56 Å². The number of nitrogens with zero attached hydrogens (tertiary/aromatic N) is 3. The van der Waals surface area contributed by atoms with E-state index in [1.807, 2.05) is 46.4 Å². The van der Waals surface area contributed by atoms with Crippen LogP contribution in [0.15, 0.2) is 113 Å². The van der Waals surface area contributed by atoms with E-state index in [4.69, 9.17) is 11.6 Å². The number of hydrogen-bond acceptors (Lipinski definition) is 4. The summed E-state index contributed by atoms with van der Waals surface area (Å²) in [5, 5.41) is 11.5. The van der Waals surface area contributed by atoms with Crippen LogP contribution in [0.4, 0.5) is 8.78 Å². The average Bonchev–Trinajstić information content (AvgIpc) is 3.35. The summed E-state index contributed by atoms with van der Waals surface area (Å²) in [4.78, 5) is 16.5. The van der Waals surface area contributed by atoms with Gasteiger partial charge >= 0.3 is 0 Å². The lowest BCUT2D eigenvalue weighted by Gasteiger charge is -2.17. The van der Waals surface area contributed by atoms with Crippen LogP contribution in [-0.2, 0) is 4.79 Å². The number of carbonyl (C=O) groups is 1. The lowest BCUT2D eigenvalue weighted by Crippen LogP contribution is -1.99. The largest absolute Gasteiger partial charge is 0.298 e. The SMILES string of the molecule is N#Cc1ccccc1-c1c(-c2cccc(C3=C(Cl)C=C(C=O)CC3)c2)n(Sc2ccc(C(F)F)cc2)c2cnccc12. The molecule has 0 saturated carbocycles. The highest BCUT2D eigenvalue weighted by atomic mass is 35.5. The van der Waals surface area contributed by atoms with Crippen molar-refractivity contribution in [1.29, 1.82) is 5.26 Å². The number of fused-ring (bicyclic) bond motifs is 1. The first-order valence-corrected chi connectivity index (χ1v) is 14.3. The Morgan fingerprint density at radius 1 is 1.00 bits per heavy atom. The molecule has 5 aromatic rings. The normalized spacial score (nSPS) is 13.4. The van der Waals surface area contributed by atoms with Crippen molar-refractivity contribution in [2.75, 3.05) is 0 Å². The van der Waals surface area contributed by atoms with Gasteiger partial charge in [0.15, 0.2) is 0 Å². The Morgan fingerprint density at radius 2 is 1.79 bits per heavy atom. The molecule has 0 saturated heterocycles. The van der Waals surface area contributed by atoms with Gasteiger partial charge in [0.05, 0.1) is 29.0 Å². The molecule has 0 amide bonds. The molecule has 6 rings (SSSR count). The number of carbonyl (C=O) groups excluding carboxylic acids is 1. The fourth-order valence-electron chi connectivity index (χ4n) is 5.26. The van der Waals surface area contributed by atoms with Gasteiger partial charge in [0, 0.05) is 43.8 Å². The van der Waals surface area contributed by atoms with Crippen molar-refractivity contribution in [1.82, 2.24) is 8.96 Å². The minimum absolute atomic E-state index is 0.0423. The summed E-state index contributed by atoms with van der Waals surface area (Å²) in [6.07, 6.45) is 4.74. The Hall–Kier alpha value is -4.51. The molecule has 1 aliphatic carbocycles. The number of aldehydes is 1. The van der Waals surface area contributed by atoms with E-state index in [1.54, 1.807) is 36.7 Å². The Labute approximate surface area is 250 Å². The van der Waals surface area contributed by atoms with Crippen molar-refractivity contribution in [2.45, 2.75) is 24.2 Å². The molecule has 4 nitrogen and oxygen atoms in total. The molecular formula is C34H22ClF2N3OS. The first kappa shape index (κ1) is 27.6. The van der Waals surface area contributed by atoms with Crippen molar-refractivity contribution in [3.63, 3.8) is 0 Å². The van der Waals surface area contributed by atoms with Gasteiger partial charge in [0.1, 0.15) is 6.29 Å². The standard InChI is InChI=1S/C34H22ClF2N3OS/c35-30-16-21(20-41)8-13-27(30)23-5-3-6-24(17-23)33-32(28-7-2-1-4-25(28)18-38)29-14-15-39-19-31(29)40(33)42-26-11-9-22(10-12-26)34(36)37/h1-7,9-12,14-17,19-20,34H,8,13H2. The van der Waals surface area contributed by atoms with E-state index < -0.39 is 6.43 Å². The zero-order chi connectivity index (χ0) is 29.2. The number of benzene rings is 3. The highest BCUT2D eigenvalue weighted by Gasteiger charge is 2.24. The Kier molecular flexibility index (Phi) is 7.75. The van der Waals surface area contributed by atoms with Gasteiger partial charge in [-0.25, -0.2) is 8.78 Å². The van der Waals surface area contributed by atoms with Gasteiger partial charge in [-0.2, -0.15) is 5.26 Å².